The molecule has 22 heavy (non-hydrogen) atoms. The van der Waals surface area contributed by atoms with Crippen molar-refractivity contribution < 1.29 is 13.2 Å². The van der Waals surface area contributed by atoms with Gasteiger partial charge in [-0.3, -0.25) is 0 Å². The fraction of sp³-hybridized carbons (Fsp3) is 0.533. The van der Waals surface area contributed by atoms with Gasteiger partial charge in [0, 0.05) is 24.8 Å². The van der Waals surface area contributed by atoms with Gasteiger partial charge in [0.05, 0.1) is 6.26 Å². The quantitative estimate of drug-likeness (QED) is 0.890. The molecule has 1 aromatic rings. The lowest BCUT2D eigenvalue weighted by Gasteiger charge is -2.31. The maximum absolute atomic E-state index is 12.1. The van der Waals surface area contributed by atoms with E-state index in [2.05, 4.69) is 10.6 Å². The van der Waals surface area contributed by atoms with E-state index < -0.39 is 10.0 Å². The Balaban J connectivity index is 1.94. The van der Waals surface area contributed by atoms with Crippen LogP contribution in [0.1, 0.15) is 24.0 Å². The van der Waals surface area contributed by atoms with E-state index in [0.717, 1.165) is 29.7 Å². The summed E-state index contributed by atoms with van der Waals surface area (Å²) >= 11 is 0. The van der Waals surface area contributed by atoms with Gasteiger partial charge in [-0.05, 0) is 38.3 Å². The fourth-order valence-corrected chi connectivity index (χ4v) is 3.57. The number of piperidine rings is 1. The molecule has 122 valence electrons. The van der Waals surface area contributed by atoms with Gasteiger partial charge in [0.2, 0.25) is 10.0 Å². The Morgan fingerprint density at radius 1 is 1.32 bits per heavy atom. The van der Waals surface area contributed by atoms with Crippen LogP contribution in [0.4, 0.5) is 10.5 Å². The molecule has 2 N–H and O–H groups in total. The second-order valence-corrected chi connectivity index (χ2v) is 7.86. The predicted molar refractivity (Wildman–Crippen MR) is 87.5 cm³/mol. The van der Waals surface area contributed by atoms with E-state index in [1.807, 2.05) is 32.0 Å². The van der Waals surface area contributed by atoms with Crippen LogP contribution < -0.4 is 10.6 Å². The summed E-state index contributed by atoms with van der Waals surface area (Å²) in [6.45, 7) is 4.79. The van der Waals surface area contributed by atoms with Crippen LogP contribution in [0.3, 0.4) is 0 Å². The van der Waals surface area contributed by atoms with E-state index in [-0.39, 0.29) is 12.1 Å². The average Bonchev–Trinajstić information content (AvgIpc) is 2.41. The monoisotopic (exact) mass is 325 g/mol. The lowest BCUT2D eigenvalue weighted by molar-refractivity contribution is 0.236. The number of carbonyl (C=O) groups excluding carboxylic acids is 1. The second-order valence-electron chi connectivity index (χ2n) is 5.88. The maximum atomic E-state index is 12.1. The molecule has 1 atom stereocenters. The molecule has 0 aliphatic carbocycles. The van der Waals surface area contributed by atoms with Gasteiger partial charge in [-0.15, -0.1) is 0 Å². The van der Waals surface area contributed by atoms with Gasteiger partial charge in [-0.25, -0.2) is 17.5 Å². The number of nitrogens with one attached hydrogen (secondary N) is 2. The summed E-state index contributed by atoms with van der Waals surface area (Å²) < 4.78 is 24.6. The Labute approximate surface area is 131 Å². The van der Waals surface area contributed by atoms with Gasteiger partial charge in [0.25, 0.3) is 0 Å². The minimum absolute atomic E-state index is 0.158. The zero-order chi connectivity index (χ0) is 16.3. The molecule has 1 aliphatic rings. The van der Waals surface area contributed by atoms with Gasteiger partial charge in [-0.2, -0.15) is 0 Å². The molecule has 0 saturated carbocycles. The molecule has 7 heteroatoms. The number of sulfonamides is 1. The summed E-state index contributed by atoms with van der Waals surface area (Å²) in [4.78, 5) is 12.1. The molecule has 1 saturated heterocycles. The highest BCUT2D eigenvalue weighted by Gasteiger charge is 2.26. The van der Waals surface area contributed by atoms with Crippen LogP contribution in [0.5, 0.6) is 0 Å². The van der Waals surface area contributed by atoms with Crippen molar-refractivity contribution in [2.24, 2.45) is 0 Å². The number of carbonyl (C=O) groups is 1. The van der Waals surface area contributed by atoms with Crippen molar-refractivity contribution in [3.63, 3.8) is 0 Å². The van der Waals surface area contributed by atoms with Crippen LogP contribution in [-0.2, 0) is 10.0 Å². The van der Waals surface area contributed by atoms with Crippen molar-refractivity contribution in [1.82, 2.24) is 9.62 Å². The third-order valence-corrected chi connectivity index (χ3v) is 5.09. The van der Waals surface area contributed by atoms with Gasteiger partial charge >= 0.3 is 6.03 Å². The number of rotatable bonds is 3. The molecule has 0 spiro atoms. The number of hydrogen-bond acceptors (Lipinski definition) is 3. The predicted octanol–water partition coefficient (Wildman–Crippen LogP) is 1.85. The lowest BCUT2D eigenvalue weighted by atomic mass is 10.1. The minimum atomic E-state index is -3.20. The zero-order valence-corrected chi connectivity index (χ0v) is 14.0. The summed E-state index contributed by atoms with van der Waals surface area (Å²) in [5.41, 5.74) is 2.90. The topological polar surface area (TPSA) is 78.5 Å². The number of urea groups is 1. The Kier molecular flexibility index (Phi) is 5.08. The lowest BCUT2D eigenvalue weighted by Crippen LogP contribution is -2.50. The van der Waals surface area contributed by atoms with Crippen LogP contribution in [0, 0.1) is 13.8 Å². The molecule has 1 heterocycles. The first kappa shape index (κ1) is 16.8. The number of amides is 2. The Morgan fingerprint density at radius 3 is 2.68 bits per heavy atom. The number of anilines is 1. The molecule has 1 aromatic carbocycles. The Hall–Kier alpha value is -1.60. The summed E-state index contributed by atoms with van der Waals surface area (Å²) in [6.07, 6.45) is 2.74. The number of hydrogen-bond donors (Lipinski definition) is 2. The molecular weight excluding hydrogens is 302 g/mol. The van der Waals surface area contributed by atoms with Crippen LogP contribution in [-0.4, -0.2) is 44.1 Å². The van der Waals surface area contributed by atoms with E-state index in [4.69, 9.17) is 0 Å². The number of nitrogens with zero attached hydrogens (tertiary/aromatic N) is 1. The minimum Gasteiger partial charge on any atom is -0.334 e. The summed E-state index contributed by atoms with van der Waals surface area (Å²) in [7, 11) is -3.20. The van der Waals surface area contributed by atoms with Crippen molar-refractivity contribution in [2.45, 2.75) is 32.7 Å². The van der Waals surface area contributed by atoms with Gasteiger partial charge < -0.3 is 10.6 Å². The third kappa shape index (κ3) is 4.45. The molecule has 0 bridgehead atoms. The van der Waals surface area contributed by atoms with Gasteiger partial charge in [-0.1, -0.05) is 17.7 Å². The SMILES string of the molecule is Cc1ccc(NC(=O)N[C@H]2CCCN(S(C)(=O)=O)C2)c(C)c1. The first-order valence-corrected chi connectivity index (χ1v) is 9.20. The molecule has 2 rings (SSSR count). The van der Waals surface area contributed by atoms with Crippen molar-refractivity contribution in [2.75, 3.05) is 24.7 Å². The van der Waals surface area contributed by atoms with Crippen molar-refractivity contribution in [3.05, 3.63) is 29.3 Å². The standard InChI is InChI=1S/C15H23N3O3S/c1-11-6-7-14(12(2)9-11)17-15(19)16-13-5-4-8-18(10-13)22(3,20)21/h6-7,9,13H,4-5,8,10H2,1-3H3,(H2,16,17,19)/t13-/m0/s1. The molecular formula is C15H23N3O3S. The number of benzene rings is 1. The van der Waals surface area contributed by atoms with Crippen LogP contribution in [0.25, 0.3) is 0 Å². The average molecular weight is 325 g/mol. The van der Waals surface area contributed by atoms with Crippen LogP contribution >= 0.6 is 0 Å². The van der Waals surface area contributed by atoms with Crippen molar-refractivity contribution in [3.8, 4) is 0 Å². The van der Waals surface area contributed by atoms with Crippen molar-refractivity contribution >= 4 is 21.7 Å². The first-order chi connectivity index (χ1) is 10.3. The largest absolute Gasteiger partial charge is 0.334 e. The highest BCUT2D eigenvalue weighted by molar-refractivity contribution is 7.88. The molecule has 0 unspecified atom stereocenters. The van der Waals surface area contributed by atoms with E-state index >= 15 is 0 Å². The van der Waals surface area contributed by atoms with Gasteiger partial charge in [0.15, 0.2) is 0 Å². The molecule has 2 amide bonds. The Bertz CT molecular complexity index is 658. The molecule has 6 nitrogen and oxygen atoms in total. The first-order valence-electron chi connectivity index (χ1n) is 7.35. The van der Waals surface area contributed by atoms with E-state index in [1.54, 1.807) is 0 Å². The molecule has 0 radical (unpaired) electrons. The second kappa shape index (κ2) is 6.66. The highest BCUT2D eigenvalue weighted by atomic mass is 32.2. The summed E-state index contributed by atoms with van der Waals surface area (Å²) in [5.74, 6) is 0. The fourth-order valence-electron chi connectivity index (χ4n) is 2.66. The third-order valence-electron chi connectivity index (χ3n) is 3.82. The summed E-state index contributed by atoms with van der Waals surface area (Å²) in [6, 6.07) is 5.35. The molecule has 1 fully saturated rings. The van der Waals surface area contributed by atoms with Crippen LogP contribution in [0.15, 0.2) is 18.2 Å². The van der Waals surface area contributed by atoms with Crippen LogP contribution in [0.2, 0.25) is 0 Å². The number of aryl methyl sites for hydroxylation is 2. The maximum Gasteiger partial charge on any atom is 0.319 e. The Morgan fingerprint density at radius 2 is 2.05 bits per heavy atom. The zero-order valence-electron chi connectivity index (χ0n) is 13.2. The highest BCUT2D eigenvalue weighted by Crippen LogP contribution is 2.17. The van der Waals surface area contributed by atoms with E-state index in [0.29, 0.717) is 13.1 Å². The van der Waals surface area contributed by atoms with Gasteiger partial charge in [0.1, 0.15) is 0 Å². The van der Waals surface area contributed by atoms with Crippen molar-refractivity contribution in [1.29, 1.82) is 0 Å². The normalized spacial score (nSPS) is 19.7. The molecule has 1 aliphatic heterocycles. The van der Waals surface area contributed by atoms with E-state index in [1.165, 1.54) is 10.6 Å². The molecule has 0 aromatic heterocycles. The summed E-state index contributed by atoms with van der Waals surface area (Å²) in [5, 5.41) is 5.68. The van der Waals surface area contributed by atoms with E-state index in [9.17, 15) is 13.2 Å². The smallest absolute Gasteiger partial charge is 0.319 e.